The van der Waals surface area contributed by atoms with Gasteiger partial charge < -0.3 is 15.3 Å². The molecule has 1 aliphatic rings. The molecule has 1 aromatic heterocycles. The number of benzene rings is 1. The van der Waals surface area contributed by atoms with Crippen LogP contribution in [-0.4, -0.2) is 47.4 Å². The van der Waals surface area contributed by atoms with Gasteiger partial charge in [0.2, 0.25) is 5.91 Å². The van der Waals surface area contributed by atoms with E-state index in [0.29, 0.717) is 22.9 Å². The van der Waals surface area contributed by atoms with Crippen LogP contribution in [-0.2, 0) is 9.59 Å². The molecule has 0 spiro atoms. The Kier molecular flexibility index (Phi) is 5.48. The summed E-state index contributed by atoms with van der Waals surface area (Å²) in [7, 11) is 0. The molecule has 2 amide bonds. The van der Waals surface area contributed by atoms with Gasteiger partial charge in [-0.25, -0.2) is 0 Å². The van der Waals surface area contributed by atoms with Gasteiger partial charge in [-0.3, -0.25) is 14.4 Å². The number of carbonyl (C=O) groups is 3. The summed E-state index contributed by atoms with van der Waals surface area (Å²) in [5.41, 5.74) is 0. The Balaban J connectivity index is 1.64. The number of carbonyl (C=O) groups excluding carboxylic acids is 2. The molecule has 3 rings (SSSR count). The second-order valence-electron chi connectivity index (χ2n) is 6.60. The Labute approximate surface area is 159 Å². The van der Waals surface area contributed by atoms with E-state index >= 15 is 0 Å². The van der Waals surface area contributed by atoms with E-state index in [4.69, 9.17) is 11.6 Å². The van der Waals surface area contributed by atoms with E-state index in [1.165, 1.54) is 16.2 Å². The third-order valence-electron chi connectivity index (χ3n) is 4.50. The number of rotatable bonds is 4. The number of thiophene rings is 1. The number of nitrogens with one attached hydrogen (secondary N) is 1. The van der Waals surface area contributed by atoms with Crippen molar-refractivity contribution in [1.82, 2.24) is 10.2 Å². The van der Waals surface area contributed by atoms with Crippen molar-refractivity contribution < 1.29 is 19.5 Å². The van der Waals surface area contributed by atoms with E-state index < -0.39 is 17.8 Å². The lowest BCUT2D eigenvalue weighted by Gasteiger charge is -2.34. The summed E-state index contributed by atoms with van der Waals surface area (Å²) in [4.78, 5) is 37.9. The third kappa shape index (κ3) is 3.83. The smallest absolute Gasteiger partial charge is 0.308 e. The molecule has 2 heterocycles. The Bertz CT molecular complexity index is 866. The highest BCUT2D eigenvalue weighted by molar-refractivity contribution is 7.21. The van der Waals surface area contributed by atoms with Crippen LogP contribution in [0, 0.1) is 11.8 Å². The number of hydrogen-bond donors (Lipinski definition) is 2. The summed E-state index contributed by atoms with van der Waals surface area (Å²) in [5.74, 6) is -2.02. The summed E-state index contributed by atoms with van der Waals surface area (Å²) >= 11 is 7.56. The lowest BCUT2D eigenvalue weighted by atomic mass is 9.90. The molecule has 2 aromatic rings. The number of amides is 2. The fraction of sp³-hybridized carbons (Fsp3) is 0.389. The quantitative estimate of drug-likeness (QED) is 0.834. The van der Waals surface area contributed by atoms with Crippen LogP contribution < -0.4 is 5.32 Å². The molecule has 0 bridgehead atoms. The van der Waals surface area contributed by atoms with Gasteiger partial charge in [-0.1, -0.05) is 36.7 Å². The Morgan fingerprint density at radius 1 is 1.31 bits per heavy atom. The monoisotopic (exact) mass is 394 g/mol. The van der Waals surface area contributed by atoms with Crippen LogP contribution in [0.2, 0.25) is 5.02 Å². The topological polar surface area (TPSA) is 86.7 Å². The van der Waals surface area contributed by atoms with Crippen LogP contribution in [0.4, 0.5) is 0 Å². The van der Waals surface area contributed by atoms with Gasteiger partial charge in [0.15, 0.2) is 0 Å². The molecule has 138 valence electrons. The molecule has 0 aliphatic carbocycles. The molecular weight excluding hydrogens is 376 g/mol. The van der Waals surface area contributed by atoms with Gasteiger partial charge >= 0.3 is 5.97 Å². The van der Waals surface area contributed by atoms with Crippen LogP contribution in [0.3, 0.4) is 0 Å². The minimum Gasteiger partial charge on any atom is -0.481 e. The third-order valence-corrected chi connectivity index (χ3v) is 6.18. The van der Waals surface area contributed by atoms with Gasteiger partial charge in [-0.05, 0) is 18.4 Å². The van der Waals surface area contributed by atoms with Crippen molar-refractivity contribution in [2.45, 2.75) is 13.3 Å². The highest BCUT2D eigenvalue weighted by Crippen LogP contribution is 2.34. The molecule has 1 aliphatic heterocycles. The molecule has 2 unspecified atom stereocenters. The Hall–Kier alpha value is -2.12. The van der Waals surface area contributed by atoms with E-state index in [1.807, 2.05) is 31.2 Å². The fourth-order valence-corrected chi connectivity index (χ4v) is 4.68. The van der Waals surface area contributed by atoms with Gasteiger partial charge in [-0.2, -0.15) is 0 Å². The summed E-state index contributed by atoms with van der Waals surface area (Å²) in [6.07, 6.45) is 0.558. The second-order valence-corrected chi connectivity index (χ2v) is 8.03. The zero-order valence-corrected chi connectivity index (χ0v) is 15.8. The van der Waals surface area contributed by atoms with Crippen molar-refractivity contribution in [3.05, 3.63) is 34.2 Å². The van der Waals surface area contributed by atoms with E-state index in [1.54, 1.807) is 0 Å². The van der Waals surface area contributed by atoms with Crippen molar-refractivity contribution in [3.8, 4) is 0 Å². The van der Waals surface area contributed by atoms with Gasteiger partial charge in [0, 0.05) is 23.2 Å². The normalized spacial score (nSPS) is 20.2. The first-order valence-electron chi connectivity index (χ1n) is 8.32. The zero-order chi connectivity index (χ0) is 18.8. The number of aliphatic carboxylic acids is 1. The van der Waals surface area contributed by atoms with Crippen LogP contribution in [0.15, 0.2) is 24.3 Å². The first-order chi connectivity index (χ1) is 12.4. The standard InChI is InChI=1S/C18H19ClN2O4S/c1-10-6-11(18(24)25)9-21(8-10)14(22)7-20-17(23)16-15(19)12-4-2-3-5-13(12)26-16/h2-5,10-11H,6-9H2,1H3,(H,20,23)(H,24,25). The number of piperidine rings is 1. The van der Waals surface area contributed by atoms with Gasteiger partial charge in [0.1, 0.15) is 4.88 Å². The van der Waals surface area contributed by atoms with Gasteiger partial charge in [0.05, 0.1) is 17.5 Å². The predicted molar refractivity (Wildman–Crippen MR) is 101 cm³/mol. The number of carboxylic acids is 1. The maximum absolute atomic E-state index is 12.4. The number of carboxylic acid groups (broad SMARTS) is 1. The second kappa shape index (κ2) is 7.63. The molecule has 6 nitrogen and oxygen atoms in total. The zero-order valence-electron chi connectivity index (χ0n) is 14.2. The average molecular weight is 395 g/mol. The predicted octanol–water partition coefficient (Wildman–Crippen LogP) is 2.85. The molecule has 26 heavy (non-hydrogen) atoms. The minimum absolute atomic E-state index is 0.113. The van der Waals surface area contributed by atoms with E-state index in [9.17, 15) is 19.5 Å². The number of fused-ring (bicyclic) bond motifs is 1. The lowest BCUT2D eigenvalue weighted by Crippen LogP contribution is -2.48. The Morgan fingerprint density at radius 2 is 2.04 bits per heavy atom. The molecule has 2 N–H and O–H groups in total. The first kappa shape index (κ1) is 18.7. The largest absolute Gasteiger partial charge is 0.481 e. The molecule has 1 fully saturated rings. The number of likely N-dealkylation sites (tertiary alicyclic amines) is 1. The molecule has 1 saturated heterocycles. The van der Waals surface area contributed by atoms with Crippen molar-refractivity contribution in [2.24, 2.45) is 11.8 Å². The molecule has 0 radical (unpaired) electrons. The highest BCUT2D eigenvalue weighted by atomic mass is 35.5. The van der Waals surface area contributed by atoms with E-state index in [-0.39, 0.29) is 24.9 Å². The first-order valence-corrected chi connectivity index (χ1v) is 9.52. The van der Waals surface area contributed by atoms with Gasteiger partial charge in [-0.15, -0.1) is 11.3 Å². The lowest BCUT2D eigenvalue weighted by molar-refractivity contribution is -0.146. The van der Waals surface area contributed by atoms with Crippen molar-refractivity contribution >= 4 is 50.8 Å². The summed E-state index contributed by atoms with van der Waals surface area (Å²) in [5, 5.41) is 13.0. The van der Waals surface area contributed by atoms with Crippen LogP contribution in [0.25, 0.3) is 10.1 Å². The summed E-state index contributed by atoms with van der Waals surface area (Å²) in [6.45, 7) is 2.42. The summed E-state index contributed by atoms with van der Waals surface area (Å²) < 4.78 is 0.906. The van der Waals surface area contributed by atoms with Gasteiger partial charge in [0.25, 0.3) is 5.91 Å². The molecular formula is C18H19ClN2O4S. The average Bonchev–Trinajstić information content (AvgIpc) is 2.96. The number of nitrogens with zero attached hydrogens (tertiary/aromatic N) is 1. The molecule has 1 aromatic carbocycles. The van der Waals surface area contributed by atoms with Crippen molar-refractivity contribution in [3.63, 3.8) is 0 Å². The van der Waals surface area contributed by atoms with Crippen LogP contribution >= 0.6 is 22.9 Å². The van der Waals surface area contributed by atoms with Crippen LogP contribution in [0.5, 0.6) is 0 Å². The van der Waals surface area contributed by atoms with E-state index in [0.717, 1.165) is 10.1 Å². The van der Waals surface area contributed by atoms with Crippen molar-refractivity contribution in [1.29, 1.82) is 0 Å². The van der Waals surface area contributed by atoms with Crippen LogP contribution in [0.1, 0.15) is 23.0 Å². The molecule has 2 atom stereocenters. The van der Waals surface area contributed by atoms with E-state index in [2.05, 4.69) is 5.32 Å². The molecule has 8 heteroatoms. The maximum atomic E-state index is 12.4. The number of hydrogen-bond acceptors (Lipinski definition) is 4. The fourth-order valence-electron chi connectivity index (χ4n) is 3.24. The summed E-state index contributed by atoms with van der Waals surface area (Å²) in [6, 6.07) is 7.45. The highest BCUT2D eigenvalue weighted by Gasteiger charge is 2.32. The SMILES string of the molecule is CC1CC(C(=O)O)CN(C(=O)CNC(=O)c2sc3ccccc3c2Cl)C1. The molecule has 0 saturated carbocycles. The maximum Gasteiger partial charge on any atom is 0.308 e. The van der Waals surface area contributed by atoms with Crippen molar-refractivity contribution in [2.75, 3.05) is 19.6 Å². The number of halogens is 1. The Morgan fingerprint density at radius 3 is 2.73 bits per heavy atom. The minimum atomic E-state index is -0.893.